The second-order valence-corrected chi connectivity index (χ2v) is 4.28. The Hall–Kier alpha value is -1.30. The van der Waals surface area contributed by atoms with Crippen LogP contribution >= 0.6 is 0 Å². The molecule has 0 spiro atoms. The van der Waals surface area contributed by atoms with Crippen molar-refractivity contribution in [3.05, 3.63) is 47.5 Å². The maximum atomic E-state index is 2.24. The molecule has 0 saturated heterocycles. The molecule has 2 aromatic carbocycles. The third-order valence-electron chi connectivity index (χ3n) is 2.86. The molecule has 0 saturated carbocycles. The molecule has 0 bridgehead atoms. The summed E-state index contributed by atoms with van der Waals surface area (Å²) < 4.78 is 0. The summed E-state index contributed by atoms with van der Waals surface area (Å²) in [6.45, 7) is 8.67. The molecule has 16 heavy (non-hydrogen) atoms. The third kappa shape index (κ3) is 3.37. The first-order valence-electron chi connectivity index (χ1n) is 6.15. The summed E-state index contributed by atoms with van der Waals surface area (Å²) in [6, 6.07) is 13.0. The van der Waals surface area contributed by atoms with Gasteiger partial charge in [-0.2, -0.15) is 0 Å². The predicted octanol–water partition coefficient (Wildman–Crippen LogP) is 5.26. The number of unbranched alkanes of at least 4 members (excludes halogenated alkanes) is 1. The molecule has 0 heteroatoms. The summed E-state index contributed by atoms with van der Waals surface area (Å²) in [6.07, 6.45) is 2.64. The molecule has 0 aromatic heterocycles. The van der Waals surface area contributed by atoms with Gasteiger partial charge in [0.05, 0.1) is 0 Å². The summed E-state index contributed by atoms with van der Waals surface area (Å²) in [4.78, 5) is 0. The lowest BCUT2D eigenvalue weighted by Gasteiger charge is -2.02. The minimum Gasteiger partial charge on any atom is -0.0654 e. The highest BCUT2D eigenvalue weighted by atomic mass is 14.0. The number of hydrogen-bond donors (Lipinski definition) is 0. The predicted molar refractivity (Wildman–Crippen MR) is 74.0 cm³/mol. The Morgan fingerprint density at radius 1 is 0.750 bits per heavy atom. The van der Waals surface area contributed by atoms with Gasteiger partial charge in [-0.15, -0.1) is 0 Å². The van der Waals surface area contributed by atoms with Crippen LogP contribution in [0.3, 0.4) is 0 Å². The van der Waals surface area contributed by atoms with Crippen molar-refractivity contribution in [2.75, 3.05) is 0 Å². The van der Waals surface area contributed by atoms with E-state index < -0.39 is 0 Å². The molecule has 0 nitrogen and oxygen atoms in total. The summed E-state index contributed by atoms with van der Waals surface area (Å²) in [7, 11) is 0. The van der Waals surface area contributed by atoms with Crippen molar-refractivity contribution in [2.24, 2.45) is 0 Å². The van der Waals surface area contributed by atoms with E-state index in [9.17, 15) is 0 Å². The monoisotopic (exact) mass is 214 g/mol. The maximum absolute atomic E-state index is 2.24. The molecule has 0 aliphatic carbocycles. The van der Waals surface area contributed by atoms with Gasteiger partial charge in [-0.1, -0.05) is 63.1 Å². The SMILES string of the molecule is CCCC.Cc1cc2ccccc2cc1C. The Kier molecular flexibility index (Phi) is 5.04. The first kappa shape index (κ1) is 12.8. The maximum Gasteiger partial charge on any atom is -0.0181 e. The van der Waals surface area contributed by atoms with E-state index in [4.69, 9.17) is 0 Å². The molecule has 86 valence electrons. The zero-order valence-electron chi connectivity index (χ0n) is 10.9. The van der Waals surface area contributed by atoms with Crippen LogP contribution in [-0.4, -0.2) is 0 Å². The quantitative estimate of drug-likeness (QED) is 0.607. The number of aryl methyl sites for hydroxylation is 2. The van der Waals surface area contributed by atoms with Gasteiger partial charge < -0.3 is 0 Å². The Balaban J connectivity index is 0.000000280. The average Bonchev–Trinajstić information content (AvgIpc) is 2.31. The molecule has 2 aromatic rings. The number of rotatable bonds is 1. The molecule has 0 N–H and O–H groups in total. The first-order valence-corrected chi connectivity index (χ1v) is 6.15. The van der Waals surface area contributed by atoms with Gasteiger partial charge in [0.25, 0.3) is 0 Å². The molecule has 0 atom stereocenters. The fourth-order valence-electron chi connectivity index (χ4n) is 1.47. The van der Waals surface area contributed by atoms with Crippen LogP contribution in [0.15, 0.2) is 36.4 Å². The Labute approximate surface area is 99.3 Å². The largest absolute Gasteiger partial charge is 0.0654 e. The van der Waals surface area contributed by atoms with Gasteiger partial charge in [0.15, 0.2) is 0 Å². The molecule has 0 amide bonds. The van der Waals surface area contributed by atoms with Crippen molar-refractivity contribution < 1.29 is 0 Å². The number of benzene rings is 2. The second-order valence-electron chi connectivity index (χ2n) is 4.28. The summed E-state index contributed by atoms with van der Waals surface area (Å²) >= 11 is 0. The average molecular weight is 214 g/mol. The summed E-state index contributed by atoms with van der Waals surface area (Å²) in [5.74, 6) is 0. The van der Waals surface area contributed by atoms with Crippen LogP contribution in [0.4, 0.5) is 0 Å². The Bertz CT molecular complexity index is 398. The van der Waals surface area contributed by atoms with Gasteiger partial charge in [-0.25, -0.2) is 0 Å². The van der Waals surface area contributed by atoms with Crippen molar-refractivity contribution in [3.8, 4) is 0 Å². The highest BCUT2D eigenvalue weighted by Crippen LogP contribution is 2.18. The van der Waals surface area contributed by atoms with Gasteiger partial charge in [-0.3, -0.25) is 0 Å². The van der Waals surface area contributed by atoms with Crippen LogP contribution in [0.1, 0.15) is 37.8 Å². The Morgan fingerprint density at radius 3 is 1.44 bits per heavy atom. The first-order chi connectivity index (χ1) is 7.69. The number of fused-ring (bicyclic) bond motifs is 1. The minimum atomic E-state index is 1.32. The highest BCUT2D eigenvalue weighted by Gasteiger charge is 1.95. The van der Waals surface area contributed by atoms with Crippen molar-refractivity contribution in [3.63, 3.8) is 0 Å². The zero-order valence-corrected chi connectivity index (χ0v) is 10.9. The normalized spacial score (nSPS) is 9.75. The van der Waals surface area contributed by atoms with Crippen LogP contribution in [-0.2, 0) is 0 Å². The van der Waals surface area contributed by atoms with E-state index in [1.54, 1.807) is 0 Å². The highest BCUT2D eigenvalue weighted by molar-refractivity contribution is 5.83. The van der Waals surface area contributed by atoms with Gasteiger partial charge in [0.1, 0.15) is 0 Å². The number of hydrogen-bond acceptors (Lipinski definition) is 0. The molecular weight excluding hydrogens is 192 g/mol. The van der Waals surface area contributed by atoms with E-state index >= 15 is 0 Å². The van der Waals surface area contributed by atoms with Crippen LogP contribution < -0.4 is 0 Å². The molecule has 0 fully saturated rings. The second kappa shape index (κ2) is 6.32. The van der Waals surface area contributed by atoms with Gasteiger partial charge in [-0.05, 0) is 35.7 Å². The van der Waals surface area contributed by atoms with Gasteiger partial charge in [0, 0.05) is 0 Å². The molecular formula is C16H22. The minimum absolute atomic E-state index is 1.32. The zero-order chi connectivity index (χ0) is 12.0. The lowest BCUT2D eigenvalue weighted by atomic mass is 10.0. The van der Waals surface area contributed by atoms with E-state index in [-0.39, 0.29) is 0 Å². The molecule has 0 aliphatic rings. The van der Waals surface area contributed by atoms with E-state index in [0.717, 1.165) is 0 Å². The van der Waals surface area contributed by atoms with Crippen LogP contribution in [0.25, 0.3) is 10.8 Å². The van der Waals surface area contributed by atoms with Crippen LogP contribution in [0, 0.1) is 13.8 Å². The molecule has 0 heterocycles. The fourth-order valence-corrected chi connectivity index (χ4v) is 1.47. The van der Waals surface area contributed by atoms with E-state index in [0.29, 0.717) is 0 Å². The van der Waals surface area contributed by atoms with Gasteiger partial charge in [0.2, 0.25) is 0 Å². The van der Waals surface area contributed by atoms with E-state index in [2.05, 4.69) is 64.1 Å². The molecule has 0 aliphatic heterocycles. The van der Waals surface area contributed by atoms with E-state index in [1.807, 2.05) is 0 Å². The van der Waals surface area contributed by atoms with E-state index in [1.165, 1.54) is 34.7 Å². The van der Waals surface area contributed by atoms with Gasteiger partial charge >= 0.3 is 0 Å². The fraction of sp³-hybridized carbons (Fsp3) is 0.375. The summed E-state index contributed by atoms with van der Waals surface area (Å²) in [5, 5.41) is 2.67. The smallest absolute Gasteiger partial charge is 0.0181 e. The van der Waals surface area contributed by atoms with Crippen LogP contribution in [0.5, 0.6) is 0 Å². The van der Waals surface area contributed by atoms with Crippen molar-refractivity contribution in [2.45, 2.75) is 40.5 Å². The summed E-state index contributed by atoms with van der Waals surface area (Å²) in [5.41, 5.74) is 2.74. The molecule has 0 unspecified atom stereocenters. The van der Waals surface area contributed by atoms with Crippen molar-refractivity contribution >= 4 is 10.8 Å². The lowest BCUT2D eigenvalue weighted by molar-refractivity contribution is 0.886. The van der Waals surface area contributed by atoms with Crippen LogP contribution in [0.2, 0.25) is 0 Å². The van der Waals surface area contributed by atoms with Crippen molar-refractivity contribution in [1.29, 1.82) is 0 Å². The third-order valence-corrected chi connectivity index (χ3v) is 2.86. The molecule has 0 radical (unpaired) electrons. The topological polar surface area (TPSA) is 0 Å². The Morgan fingerprint density at radius 2 is 1.12 bits per heavy atom. The molecule has 2 rings (SSSR count). The standard InChI is InChI=1S/C12H12.C4H10/c1-9-7-11-5-3-4-6-12(11)8-10(9)2;1-3-4-2/h3-8H,1-2H3;3-4H2,1-2H3. The lowest BCUT2D eigenvalue weighted by Crippen LogP contribution is -1.80. The van der Waals surface area contributed by atoms with Crippen molar-refractivity contribution in [1.82, 2.24) is 0 Å².